The van der Waals surface area contributed by atoms with E-state index in [-0.39, 0.29) is 0 Å². The highest BCUT2D eigenvalue weighted by atomic mass is 32.2. The number of thioether (sulfide) groups is 1. The maximum Gasteiger partial charge on any atom is 0.137 e. The smallest absolute Gasteiger partial charge is 0.137 e. The molecule has 4 rings (SSSR count). The molecule has 3 heterocycles. The molecule has 3 aromatic rings. The van der Waals surface area contributed by atoms with Crippen molar-refractivity contribution in [3.8, 4) is 0 Å². The molecule has 0 fully saturated rings. The largest absolute Gasteiger partial charge is 0.361 e. The second kappa shape index (κ2) is 5.91. The molecule has 4 nitrogen and oxygen atoms in total. The van der Waals surface area contributed by atoms with E-state index in [0.29, 0.717) is 0 Å². The summed E-state index contributed by atoms with van der Waals surface area (Å²) in [4.78, 5) is 11.7. The molecule has 0 saturated carbocycles. The predicted molar refractivity (Wildman–Crippen MR) is 94.1 cm³/mol. The normalized spacial score (nSPS) is 17.6. The Balaban J connectivity index is 1.70. The first-order valence-electron chi connectivity index (χ1n) is 7.93. The molecule has 0 spiro atoms. The summed E-state index contributed by atoms with van der Waals surface area (Å²) < 4.78 is 5.26. The van der Waals surface area contributed by atoms with Gasteiger partial charge in [0.15, 0.2) is 0 Å². The fraction of sp³-hybridized carbons (Fsp3) is 0.471. The van der Waals surface area contributed by atoms with Crippen LogP contribution in [0.1, 0.15) is 40.8 Å². The molecule has 0 saturated heterocycles. The van der Waals surface area contributed by atoms with Gasteiger partial charge in [-0.2, -0.15) is 0 Å². The predicted octanol–water partition coefficient (Wildman–Crippen LogP) is 4.71. The average Bonchev–Trinajstić information content (AvgIpc) is 3.05. The van der Waals surface area contributed by atoms with Crippen molar-refractivity contribution >= 4 is 33.3 Å². The fourth-order valence-electron chi connectivity index (χ4n) is 3.20. The van der Waals surface area contributed by atoms with Crippen LogP contribution >= 0.6 is 23.1 Å². The van der Waals surface area contributed by atoms with Crippen molar-refractivity contribution in [2.45, 2.75) is 50.8 Å². The third kappa shape index (κ3) is 2.68. The summed E-state index contributed by atoms with van der Waals surface area (Å²) in [6.45, 7) is 6.31. The first-order valence-corrected chi connectivity index (χ1v) is 9.73. The molecule has 120 valence electrons. The van der Waals surface area contributed by atoms with E-state index in [4.69, 9.17) is 4.52 Å². The molecule has 0 aliphatic heterocycles. The Morgan fingerprint density at radius 2 is 2.22 bits per heavy atom. The number of rotatable bonds is 3. The average molecular weight is 345 g/mol. The van der Waals surface area contributed by atoms with Crippen molar-refractivity contribution in [1.29, 1.82) is 0 Å². The molecule has 1 atom stereocenters. The van der Waals surface area contributed by atoms with Gasteiger partial charge in [-0.3, -0.25) is 0 Å². The summed E-state index contributed by atoms with van der Waals surface area (Å²) in [5.74, 6) is 2.53. The van der Waals surface area contributed by atoms with Gasteiger partial charge in [-0.05, 0) is 44.6 Å². The third-order valence-corrected chi connectivity index (χ3v) is 6.77. The maximum atomic E-state index is 5.26. The molecule has 0 unspecified atom stereocenters. The van der Waals surface area contributed by atoms with Crippen LogP contribution in [0.3, 0.4) is 0 Å². The quantitative estimate of drug-likeness (QED) is 0.508. The number of aryl methyl sites for hydroxylation is 3. The maximum absolute atomic E-state index is 5.26. The zero-order valence-electron chi connectivity index (χ0n) is 13.5. The van der Waals surface area contributed by atoms with E-state index in [1.807, 2.05) is 25.2 Å². The minimum absolute atomic E-state index is 0.780. The van der Waals surface area contributed by atoms with Gasteiger partial charge in [0.25, 0.3) is 0 Å². The van der Waals surface area contributed by atoms with E-state index < -0.39 is 0 Å². The van der Waals surface area contributed by atoms with Gasteiger partial charge in [0, 0.05) is 21.6 Å². The number of thiophene rings is 1. The molecule has 0 aromatic carbocycles. The molecular weight excluding hydrogens is 326 g/mol. The number of hydrogen-bond donors (Lipinski definition) is 0. The molecule has 0 N–H and O–H groups in total. The van der Waals surface area contributed by atoms with Crippen LogP contribution in [0.25, 0.3) is 10.2 Å². The number of hydrogen-bond acceptors (Lipinski definition) is 6. The number of aromatic nitrogens is 3. The molecule has 1 aliphatic carbocycles. The molecule has 3 aromatic heterocycles. The summed E-state index contributed by atoms with van der Waals surface area (Å²) in [6.07, 6.45) is 5.30. The van der Waals surface area contributed by atoms with Crippen LogP contribution in [-0.2, 0) is 18.6 Å². The van der Waals surface area contributed by atoms with E-state index in [1.165, 1.54) is 34.2 Å². The molecule has 1 aliphatic rings. The molecule has 23 heavy (non-hydrogen) atoms. The molecule has 0 amide bonds. The zero-order valence-corrected chi connectivity index (χ0v) is 15.2. The van der Waals surface area contributed by atoms with Crippen molar-refractivity contribution in [2.75, 3.05) is 0 Å². The summed E-state index contributed by atoms with van der Waals surface area (Å²) in [5.41, 5.74) is 3.64. The monoisotopic (exact) mass is 345 g/mol. The lowest BCUT2D eigenvalue weighted by molar-refractivity contribution is 0.392. The standard InChI is InChI=1S/C17H19N3OS2/c1-9-4-5-12-14(6-9)23-17-15(12)16(18-8-19-17)22-7-13-10(2)20-21-11(13)3/h8-9H,4-7H2,1-3H3/t9-/m0/s1. The van der Waals surface area contributed by atoms with E-state index in [9.17, 15) is 0 Å². The minimum atomic E-state index is 0.780. The SMILES string of the molecule is Cc1noc(C)c1CSc1ncnc2sc3c(c12)CC[C@H](C)C3. The first kappa shape index (κ1) is 15.1. The fourth-order valence-corrected chi connectivity index (χ4v) is 5.80. The van der Waals surface area contributed by atoms with Crippen molar-refractivity contribution in [1.82, 2.24) is 15.1 Å². The van der Waals surface area contributed by atoms with Gasteiger partial charge in [-0.25, -0.2) is 9.97 Å². The third-order valence-electron chi connectivity index (χ3n) is 4.59. The Morgan fingerprint density at radius 3 is 3.00 bits per heavy atom. The Hall–Kier alpha value is -1.40. The van der Waals surface area contributed by atoms with Crippen molar-refractivity contribution in [3.63, 3.8) is 0 Å². The van der Waals surface area contributed by atoms with Crippen molar-refractivity contribution < 1.29 is 4.52 Å². The van der Waals surface area contributed by atoms with Crippen molar-refractivity contribution in [3.05, 3.63) is 33.8 Å². The lowest BCUT2D eigenvalue weighted by Crippen LogP contribution is -2.08. The Bertz CT molecular complexity index is 849. The van der Waals surface area contributed by atoms with Crippen LogP contribution < -0.4 is 0 Å². The topological polar surface area (TPSA) is 51.8 Å². The van der Waals surface area contributed by atoms with Crippen LogP contribution in [0.2, 0.25) is 0 Å². The molecule has 0 radical (unpaired) electrons. The van der Waals surface area contributed by atoms with E-state index in [0.717, 1.165) is 39.4 Å². The van der Waals surface area contributed by atoms with Crippen LogP contribution in [0.15, 0.2) is 15.9 Å². The van der Waals surface area contributed by atoms with E-state index >= 15 is 0 Å². The lowest BCUT2D eigenvalue weighted by Gasteiger charge is -2.18. The molecule has 6 heteroatoms. The molecular formula is C17H19N3OS2. The highest BCUT2D eigenvalue weighted by molar-refractivity contribution is 7.98. The first-order chi connectivity index (χ1) is 11.1. The van der Waals surface area contributed by atoms with Gasteiger partial charge in [-0.15, -0.1) is 23.1 Å². The Kier molecular flexibility index (Phi) is 3.89. The van der Waals surface area contributed by atoms with E-state index in [1.54, 1.807) is 18.1 Å². The Labute approximate surface area is 143 Å². The van der Waals surface area contributed by atoms with Crippen LogP contribution in [-0.4, -0.2) is 15.1 Å². The Morgan fingerprint density at radius 1 is 1.35 bits per heavy atom. The highest BCUT2D eigenvalue weighted by Gasteiger charge is 2.23. The van der Waals surface area contributed by atoms with Gasteiger partial charge in [0.2, 0.25) is 0 Å². The number of nitrogens with zero attached hydrogens (tertiary/aromatic N) is 3. The zero-order chi connectivity index (χ0) is 16.0. The van der Waals surface area contributed by atoms with Crippen LogP contribution in [0.4, 0.5) is 0 Å². The number of fused-ring (bicyclic) bond motifs is 3. The minimum Gasteiger partial charge on any atom is -0.361 e. The van der Waals surface area contributed by atoms with Gasteiger partial charge in [0.1, 0.15) is 21.9 Å². The van der Waals surface area contributed by atoms with Gasteiger partial charge < -0.3 is 4.52 Å². The van der Waals surface area contributed by atoms with Gasteiger partial charge >= 0.3 is 0 Å². The van der Waals surface area contributed by atoms with Crippen molar-refractivity contribution in [2.24, 2.45) is 5.92 Å². The van der Waals surface area contributed by atoms with E-state index in [2.05, 4.69) is 22.0 Å². The summed E-state index contributed by atoms with van der Waals surface area (Å²) >= 11 is 3.62. The highest BCUT2D eigenvalue weighted by Crippen LogP contribution is 2.41. The summed E-state index contributed by atoms with van der Waals surface area (Å²) in [6, 6.07) is 0. The van der Waals surface area contributed by atoms with Gasteiger partial charge in [-0.1, -0.05) is 12.1 Å². The second-order valence-electron chi connectivity index (χ2n) is 6.30. The lowest BCUT2D eigenvalue weighted by atomic mass is 9.89. The van der Waals surface area contributed by atoms with Crippen LogP contribution in [0.5, 0.6) is 0 Å². The van der Waals surface area contributed by atoms with Gasteiger partial charge in [0.05, 0.1) is 5.69 Å². The van der Waals surface area contributed by atoms with Crippen LogP contribution in [0, 0.1) is 19.8 Å². The summed E-state index contributed by atoms with van der Waals surface area (Å²) in [7, 11) is 0. The summed E-state index contributed by atoms with van der Waals surface area (Å²) in [5, 5.41) is 6.43. The second-order valence-corrected chi connectivity index (χ2v) is 8.35. The molecule has 0 bridgehead atoms.